The van der Waals surface area contributed by atoms with Gasteiger partial charge in [-0.1, -0.05) is 19.9 Å². The average molecular weight is 417 g/mol. The van der Waals surface area contributed by atoms with Crippen LogP contribution in [0.1, 0.15) is 49.9 Å². The summed E-state index contributed by atoms with van der Waals surface area (Å²) in [5, 5.41) is 24.7. The van der Waals surface area contributed by atoms with Crippen LogP contribution in [0.4, 0.5) is 0 Å². The standard InChI is InChI=1S/C23H32N2O5/c1-22(2)9-5-10-23(29,14-22)15-24-20(27)18-6-4-7-19-17(18)8-11-25(21(19)28)12-16(26)13-30-3/h4,6-8,11,16,26,29H,5,9-10,12-15H2,1-3H3,(H,24,27). The van der Waals surface area contributed by atoms with E-state index < -0.39 is 11.7 Å². The van der Waals surface area contributed by atoms with Crippen molar-refractivity contribution in [3.05, 3.63) is 46.4 Å². The Kier molecular flexibility index (Phi) is 6.65. The quantitative estimate of drug-likeness (QED) is 0.642. The van der Waals surface area contributed by atoms with E-state index in [-0.39, 0.29) is 36.6 Å². The van der Waals surface area contributed by atoms with Crippen LogP contribution in [0.15, 0.2) is 35.3 Å². The summed E-state index contributed by atoms with van der Waals surface area (Å²) >= 11 is 0. The fraction of sp³-hybridized carbons (Fsp3) is 0.565. The molecule has 2 atom stereocenters. The molecule has 1 aliphatic carbocycles. The molecule has 0 spiro atoms. The highest BCUT2D eigenvalue weighted by atomic mass is 16.5. The number of aliphatic hydroxyl groups excluding tert-OH is 1. The van der Waals surface area contributed by atoms with Gasteiger partial charge in [0.15, 0.2) is 0 Å². The van der Waals surface area contributed by atoms with Gasteiger partial charge in [0.1, 0.15) is 0 Å². The minimum atomic E-state index is -0.911. The maximum atomic E-state index is 12.9. The van der Waals surface area contributed by atoms with Gasteiger partial charge >= 0.3 is 0 Å². The van der Waals surface area contributed by atoms with E-state index >= 15 is 0 Å². The van der Waals surface area contributed by atoms with E-state index in [0.717, 1.165) is 12.8 Å². The zero-order valence-electron chi connectivity index (χ0n) is 18.0. The second kappa shape index (κ2) is 8.88. The van der Waals surface area contributed by atoms with E-state index in [1.54, 1.807) is 30.5 Å². The van der Waals surface area contributed by atoms with Crippen LogP contribution < -0.4 is 10.9 Å². The lowest BCUT2D eigenvalue weighted by Gasteiger charge is -2.41. The number of ether oxygens (including phenoxy) is 1. The van der Waals surface area contributed by atoms with Crippen LogP contribution in [-0.2, 0) is 11.3 Å². The number of nitrogens with zero attached hydrogens (tertiary/aromatic N) is 1. The molecule has 1 aromatic carbocycles. The summed E-state index contributed by atoms with van der Waals surface area (Å²) < 4.78 is 6.33. The smallest absolute Gasteiger partial charge is 0.258 e. The van der Waals surface area contributed by atoms with Crippen molar-refractivity contribution in [2.45, 2.75) is 57.8 Å². The molecule has 2 aromatic rings. The van der Waals surface area contributed by atoms with Gasteiger partial charge in [-0.2, -0.15) is 0 Å². The summed E-state index contributed by atoms with van der Waals surface area (Å²) in [6.07, 6.45) is 4.10. The number of fused-ring (bicyclic) bond motifs is 1. The van der Waals surface area contributed by atoms with Gasteiger partial charge in [-0.15, -0.1) is 0 Å². The molecule has 1 fully saturated rings. The van der Waals surface area contributed by atoms with Gasteiger partial charge in [-0.05, 0) is 49.3 Å². The molecular weight excluding hydrogens is 384 g/mol. The van der Waals surface area contributed by atoms with Crippen LogP contribution in [0, 0.1) is 5.41 Å². The molecule has 2 unspecified atom stereocenters. The van der Waals surface area contributed by atoms with Crippen molar-refractivity contribution in [3.8, 4) is 0 Å². The number of methoxy groups -OCH3 is 1. The Bertz CT molecular complexity index is 968. The molecule has 1 heterocycles. The fourth-order valence-electron chi connectivity index (χ4n) is 4.59. The van der Waals surface area contributed by atoms with Gasteiger partial charge in [0, 0.05) is 36.2 Å². The molecular formula is C23H32N2O5. The van der Waals surface area contributed by atoms with E-state index in [9.17, 15) is 19.8 Å². The lowest BCUT2D eigenvalue weighted by Crippen LogP contribution is -2.48. The first-order valence-corrected chi connectivity index (χ1v) is 10.4. The molecule has 3 N–H and O–H groups in total. The number of nitrogens with one attached hydrogen (secondary N) is 1. The predicted octanol–water partition coefficient (Wildman–Crippen LogP) is 2.07. The maximum absolute atomic E-state index is 12.9. The second-order valence-electron chi connectivity index (χ2n) is 9.25. The van der Waals surface area contributed by atoms with Gasteiger partial charge in [0.25, 0.3) is 11.5 Å². The molecule has 1 amide bonds. The fourth-order valence-corrected chi connectivity index (χ4v) is 4.59. The number of amides is 1. The molecule has 0 saturated heterocycles. The average Bonchev–Trinajstić information content (AvgIpc) is 2.67. The number of aromatic nitrogens is 1. The third-order valence-corrected chi connectivity index (χ3v) is 5.91. The highest BCUT2D eigenvalue weighted by molar-refractivity contribution is 6.06. The van der Waals surface area contributed by atoms with Crippen LogP contribution in [0.2, 0.25) is 0 Å². The van der Waals surface area contributed by atoms with Crippen LogP contribution in [0.5, 0.6) is 0 Å². The van der Waals surface area contributed by atoms with Crippen molar-refractivity contribution in [1.29, 1.82) is 0 Å². The number of hydrogen-bond acceptors (Lipinski definition) is 5. The zero-order chi connectivity index (χ0) is 21.9. The first-order chi connectivity index (χ1) is 14.1. The van der Waals surface area contributed by atoms with Crippen molar-refractivity contribution in [2.24, 2.45) is 5.41 Å². The van der Waals surface area contributed by atoms with E-state index in [1.807, 2.05) is 0 Å². The van der Waals surface area contributed by atoms with Crippen molar-refractivity contribution in [3.63, 3.8) is 0 Å². The Morgan fingerprint density at radius 3 is 2.73 bits per heavy atom. The largest absolute Gasteiger partial charge is 0.389 e. The third-order valence-electron chi connectivity index (χ3n) is 5.91. The maximum Gasteiger partial charge on any atom is 0.258 e. The van der Waals surface area contributed by atoms with Crippen LogP contribution >= 0.6 is 0 Å². The van der Waals surface area contributed by atoms with Gasteiger partial charge in [-0.25, -0.2) is 0 Å². The topological polar surface area (TPSA) is 101 Å². The Hall–Kier alpha value is -2.22. The molecule has 30 heavy (non-hydrogen) atoms. The molecule has 0 radical (unpaired) electrons. The van der Waals surface area contributed by atoms with Gasteiger partial charge in [0.2, 0.25) is 0 Å². The summed E-state index contributed by atoms with van der Waals surface area (Å²) in [5.41, 5.74) is -0.736. The monoisotopic (exact) mass is 416 g/mol. The van der Waals surface area contributed by atoms with E-state index in [1.165, 1.54) is 11.7 Å². The summed E-state index contributed by atoms with van der Waals surface area (Å²) in [6, 6.07) is 6.73. The number of aliphatic hydroxyl groups is 2. The number of carbonyl (C=O) groups is 1. The molecule has 1 saturated carbocycles. The number of carbonyl (C=O) groups excluding carboxylic acids is 1. The van der Waals surface area contributed by atoms with Crippen LogP contribution in [0.3, 0.4) is 0 Å². The molecule has 7 heteroatoms. The number of pyridine rings is 1. The number of hydrogen-bond donors (Lipinski definition) is 3. The summed E-state index contributed by atoms with van der Waals surface area (Å²) in [5.74, 6) is -0.311. The molecule has 164 valence electrons. The second-order valence-corrected chi connectivity index (χ2v) is 9.25. The summed E-state index contributed by atoms with van der Waals surface area (Å²) in [4.78, 5) is 25.7. The summed E-state index contributed by atoms with van der Waals surface area (Å²) in [6.45, 7) is 4.71. The molecule has 1 aliphatic rings. The number of benzene rings is 1. The predicted molar refractivity (Wildman–Crippen MR) is 116 cm³/mol. The van der Waals surface area contributed by atoms with Gasteiger partial charge in [0.05, 0.1) is 24.9 Å². The molecule has 7 nitrogen and oxygen atoms in total. The van der Waals surface area contributed by atoms with Crippen LogP contribution in [0.25, 0.3) is 10.8 Å². The van der Waals surface area contributed by atoms with Gasteiger partial charge in [-0.3, -0.25) is 9.59 Å². The van der Waals surface area contributed by atoms with Crippen molar-refractivity contribution in [2.75, 3.05) is 20.3 Å². The molecule has 0 bridgehead atoms. The Morgan fingerprint density at radius 2 is 2.03 bits per heavy atom. The zero-order valence-corrected chi connectivity index (χ0v) is 18.0. The van der Waals surface area contributed by atoms with Crippen LogP contribution in [-0.4, -0.2) is 52.7 Å². The first kappa shape index (κ1) is 22.5. The normalized spacial score (nSPS) is 22.0. The highest BCUT2D eigenvalue weighted by Gasteiger charge is 2.38. The number of rotatable bonds is 7. The Morgan fingerprint density at radius 1 is 1.27 bits per heavy atom. The molecule has 1 aromatic heterocycles. The highest BCUT2D eigenvalue weighted by Crippen LogP contribution is 2.40. The lowest BCUT2D eigenvalue weighted by molar-refractivity contribution is -0.0361. The van der Waals surface area contributed by atoms with Crippen molar-refractivity contribution < 1.29 is 19.7 Å². The summed E-state index contributed by atoms with van der Waals surface area (Å²) in [7, 11) is 1.49. The molecule has 0 aliphatic heterocycles. The minimum Gasteiger partial charge on any atom is -0.389 e. The van der Waals surface area contributed by atoms with Gasteiger partial charge < -0.3 is 24.8 Å². The minimum absolute atomic E-state index is 0.0512. The molecule has 3 rings (SSSR count). The van der Waals surface area contributed by atoms with E-state index in [2.05, 4.69) is 19.2 Å². The Balaban J connectivity index is 1.79. The van der Waals surface area contributed by atoms with E-state index in [0.29, 0.717) is 29.2 Å². The third kappa shape index (κ3) is 5.09. The Labute approximate surface area is 176 Å². The van der Waals surface area contributed by atoms with Crippen molar-refractivity contribution >= 4 is 16.7 Å². The lowest BCUT2D eigenvalue weighted by atomic mass is 9.70. The van der Waals surface area contributed by atoms with E-state index in [4.69, 9.17) is 4.74 Å². The first-order valence-electron chi connectivity index (χ1n) is 10.4. The van der Waals surface area contributed by atoms with Crippen molar-refractivity contribution in [1.82, 2.24) is 9.88 Å². The SMILES string of the molecule is COCC(O)Cn1ccc2c(C(=O)NCC3(O)CCCC(C)(C)C3)cccc2c1=O.